The predicted molar refractivity (Wildman–Crippen MR) is 132 cm³/mol. The highest BCUT2D eigenvalue weighted by Gasteiger charge is 2.41. The third kappa shape index (κ3) is 7.49. The first kappa shape index (κ1) is 30.6. The number of hydrogen-bond donors (Lipinski definition) is 3. The molecule has 0 spiro atoms. The van der Waals surface area contributed by atoms with E-state index in [2.05, 4.69) is 21.3 Å². The molecule has 3 N–H and O–H groups in total. The molecular weight excluding hydrogens is 547 g/mol. The quantitative estimate of drug-likeness (QED) is 0.405. The van der Waals surface area contributed by atoms with E-state index in [9.17, 15) is 30.7 Å². The Bertz CT molecular complexity index is 1100. The normalized spacial score (nSPS) is 25.5. The van der Waals surface area contributed by atoms with Crippen LogP contribution in [0.2, 0.25) is 0 Å². The maximum Gasteiger partial charge on any atom is 0.416 e. The van der Waals surface area contributed by atoms with Gasteiger partial charge < -0.3 is 14.4 Å². The Hall–Kier alpha value is -2.33. The summed E-state index contributed by atoms with van der Waals surface area (Å²) >= 11 is 0. The molecule has 0 radical (unpaired) electrons. The zero-order valence-electron chi connectivity index (χ0n) is 22.1. The van der Waals surface area contributed by atoms with E-state index in [0.29, 0.717) is 37.3 Å². The monoisotopic (exact) mass is 579 g/mol. The first-order valence-corrected chi connectivity index (χ1v) is 12.7. The minimum atomic E-state index is -4.98. The summed E-state index contributed by atoms with van der Waals surface area (Å²) in [5.41, 5.74) is 6.76. The number of hydrazine groups is 2. The molecule has 2 aliphatic rings. The van der Waals surface area contributed by atoms with Gasteiger partial charge >= 0.3 is 12.4 Å². The first-order chi connectivity index (χ1) is 18.7. The number of alkyl halides is 6. The summed E-state index contributed by atoms with van der Waals surface area (Å²) in [4.78, 5) is 4.07. The van der Waals surface area contributed by atoms with Gasteiger partial charge in [0.1, 0.15) is 5.82 Å². The van der Waals surface area contributed by atoms with Crippen LogP contribution in [0.25, 0.3) is 0 Å². The lowest BCUT2D eigenvalue weighted by atomic mass is 9.99. The second kappa shape index (κ2) is 12.3. The molecule has 2 fully saturated rings. The molecule has 40 heavy (non-hydrogen) atoms. The average Bonchev–Trinajstić information content (AvgIpc) is 3.29. The van der Waals surface area contributed by atoms with Crippen LogP contribution in [0.5, 0.6) is 0 Å². The van der Waals surface area contributed by atoms with E-state index >= 15 is 0 Å². The number of benzene rings is 2. The first-order valence-electron chi connectivity index (χ1n) is 12.7. The van der Waals surface area contributed by atoms with Crippen molar-refractivity contribution < 1.29 is 40.2 Å². The van der Waals surface area contributed by atoms with E-state index in [1.807, 2.05) is 19.0 Å². The largest absolute Gasteiger partial charge is 0.416 e. The van der Waals surface area contributed by atoms with Crippen LogP contribution in [-0.4, -0.2) is 68.5 Å². The molecule has 14 heteroatoms. The molecule has 5 unspecified atom stereocenters. The molecule has 2 aliphatic heterocycles. The maximum atomic E-state index is 13.8. The van der Waals surface area contributed by atoms with Crippen molar-refractivity contribution in [2.24, 2.45) is 0 Å². The fourth-order valence-corrected chi connectivity index (χ4v) is 4.95. The summed E-state index contributed by atoms with van der Waals surface area (Å²) < 4.78 is 106. The highest BCUT2D eigenvalue weighted by molar-refractivity contribution is 5.34. The number of morpholine rings is 1. The fraction of sp³-hybridized carbons (Fsp3) is 0.538. The fourth-order valence-electron chi connectivity index (χ4n) is 4.95. The number of nitrogens with zero attached hydrogens (tertiary/aromatic N) is 2. The molecule has 2 saturated heterocycles. The number of hydrogen-bond acceptors (Lipinski definition) is 7. The van der Waals surface area contributed by atoms with E-state index in [1.165, 1.54) is 19.1 Å². The maximum absolute atomic E-state index is 13.8. The molecule has 0 saturated carbocycles. The number of halogens is 7. The van der Waals surface area contributed by atoms with Crippen LogP contribution in [0.3, 0.4) is 0 Å². The third-order valence-corrected chi connectivity index (χ3v) is 6.93. The molecule has 2 aromatic rings. The Morgan fingerprint density at radius 1 is 0.975 bits per heavy atom. The molecule has 7 nitrogen and oxygen atoms in total. The summed E-state index contributed by atoms with van der Waals surface area (Å²) in [6.45, 7) is 3.24. The Morgan fingerprint density at radius 3 is 2.15 bits per heavy atom. The van der Waals surface area contributed by atoms with E-state index in [1.54, 1.807) is 12.1 Å². The van der Waals surface area contributed by atoms with Crippen molar-refractivity contribution in [3.8, 4) is 0 Å². The molecule has 5 atom stereocenters. The van der Waals surface area contributed by atoms with E-state index in [0.717, 1.165) is 0 Å². The molecular formula is C26H32F7N5O2. The minimum absolute atomic E-state index is 0.0240. The molecule has 222 valence electrons. The number of likely N-dealkylation sites (N-methyl/N-ethyl adjacent to an activating group) is 1. The van der Waals surface area contributed by atoms with Gasteiger partial charge in [-0.15, -0.1) is 0 Å². The second-order valence-electron chi connectivity index (χ2n) is 10.2. The van der Waals surface area contributed by atoms with Crippen molar-refractivity contribution >= 4 is 0 Å². The summed E-state index contributed by atoms with van der Waals surface area (Å²) in [5.74, 6) is -0.460. The standard InChI is InChI=1S/C26H32F7N5O2/c1-15(17-10-18(25(28,29)30)12-19(11-17)26(31,32)33)40-24-23(16-4-6-20(27)7-5-16)38(8-9-39-24)14-22-21(13-37(2)3)34-36-35-22/h4-7,10-12,15,21-24,34-36H,8-9,13-14H2,1-3H3. The smallest absolute Gasteiger partial charge is 0.349 e. The van der Waals surface area contributed by atoms with Crippen LogP contribution in [-0.2, 0) is 21.8 Å². The highest BCUT2D eigenvalue weighted by atomic mass is 19.4. The van der Waals surface area contributed by atoms with Crippen molar-refractivity contribution in [3.63, 3.8) is 0 Å². The van der Waals surface area contributed by atoms with Gasteiger partial charge in [-0.1, -0.05) is 12.1 Å². The van der Waals surface area contributed by atoms with E-state index in [-0.39, 0.29) is 30.3 Å². The van der Waals surface area contributed by atoms with Crippen LogP contribution in [0.1, 0.15) is 41.3 Å². The van der Waals surface area contributed by atoms with Crippen LogP contribution in [0.15, 0.2) is 42.5 Å². The molecule has 4 rings (SSSR count). The molecule has 0 bridgehead atoms. The number of nitrogens with one attached hydrogen (secondary N) is 3. The van der Waals surface area contributed by atoms with Crippen LogP contribution >= 0.6 is 0 Å². The molecule has 0 aliphatic carbocycles. The average molecular weight is 580 g/mol. The minimum Gasteiger partial charge on any atom is -0.349 e. The Morgan fingerprint density at radius 2 is 1.57 bits per heavy atom. The van der Waals surface area contributed by atoms with Crippen LogP contribution in [0.4, 0.5) is 30.7 Å². The zero-order valence-corrected chi connectivity index (χ0v) is 22.1. The predicted octanol–water partition coefficient (Wildman–Crippen LogP) is 4.25. The third-order valence-electron chi connectivity index (χ3n) is 6.93. The van der Waals surface area contributed by atoms with E-state index in [4.69, 9.17) is 9.47 Å². The van der Waals surface area contributed by atoms with Gasteiger partial charge in [-0.2, -0.15) is 31.9 Å². The van der Waals surface area contributed by atoms with Crippen LogP contribution < -0.4 is 16.4 Å². The van der Waals surface area contributed by atoms with Gasteiger partial charge in [-0.05, 0) is 62.5 Å². The topological polar surface area (TPSA) is 61.0 Å². The van der Waals surface area contributed by atoms with Gasteiger partial charge in [0.05, 0.1) is 42.0 Å². The van der Waals surface area contributed by atoms with Crippen molar-refractivity contribution in [1.82, 2.24) is 26.2 Å². The number of ether oxygens (including phenoxy) is 2. The van der Waals surface area contributed by atoms with Gasteiger partial charge in [-0.25, -0.2) is 15.2 Å². The van der Waals surface area contributed by atoms with Crippen molar-refractivity contribution in [2.45, 2.75) is 49.8 Å². The lowest BCUT2D eigenvalue weighted by Gasteiger charge is -2.43. The summed E-state index contributed by atoms with van der Waals surface area (Å²) in [6.07, 6.45) is -12.2. The molecule has 0 amide bonds. The Labute approximate surface area is 227 Å². The number of rotatable bonds is 8. The second-order valence-corrected chi connectivity index (χ2v) is 10.2. The Kier molecular flexibility index (Phi) is 9.39. The van der Waals surface area contributed by atoms with Gasteiger partial charge in [0.25, 0.3) is 0 Å². The van der Waals surface area contributed by atoms with Crippen molar-refractivity contribution in [2.75, 3.05) is 40.3 Å². The van der Waals surface area contributed by atoms with Gasteiger partial charge in [0.15, 0.2) is 6.29 Å². The lowest BCUT2D eigenvalue weighted by molar-refractivity contribution is -0.230. The van der Waals surface area contributed by atoms with E-state index < -0.39 is 47.7 Å². The Balaban J connectivity index is 1.62. The summed E-state index contributed by atoms with van der Waals surface area (Å²) in [7, 11) is 3.88. The van der Waals surface area contributed by atoms with Crippen LogP contribution in [0, 0.1) is 5.82 Å². The SMILES string of the molecule is CC(OC1OCCN(CC2NNNC2CN(C)C)C1c1ccc(F)cc1)c1cc(C(F)(F)F)cc(C(F)(F)F)c1. The van der Waals surface area contributed by atoms with Gasteiger partial charge in [0.2, 0.25) is 0 Å². The van der Waals surface area contributed by atoms with Gasteiger partial charge in [-0.3, -0.25) is 4.90 Å². The summed E-state index contributed by atoms with van der Waals surface area (Å²) in [6, 6.07) is 6.39. The molecule has 2 aromatic carbocycles. The van der Waals surface area contributed by atoms with Crippen molar-refractivity contribution in [1.29, 1.82) is 0 Å². The lowest BCUT2D eigenvalue weighted by Crippen LogP contribution is -2.53. The zero-order chi connectivity index (χ0) is 29.2. The van der Waals surface area contributed by atoms with Gasteiger partial charge in [0, 0.05) is 19.6 Å². The highest BCUT2D eigenvalue weighted by Crippen LogP contribution is 2.39. The molecule has 2 heterocycles. The summed E-state index contributed by atoms with van der Waals surface area (Å²) in [5, 5.41) is 0. The molecule has 0 aromatic heterocycles. The van der Waals surface area contributed by atoms with Crippen molar-refractivity contribution in [3.05, 3.63) is 70.5 Å².